The molecule has 0 fully saturated rings. The lowest BCUT2D eigenvalue weighted by Gasteiger charge is -2.17. The molecule has 1 aromatic carbocycles. The minimum Gasteiger partial charge on any atom is -0.467 e. The normalized spacial score (nSPS) is 13.6. The third kappa shape index (κ3) is 5.48. The van der Waals surface area contributed by atoms with Crippen LogP contribution in [-0.2, 0) is 37.7 Å². The van der Waals surface area contributed by atoms with Gasteiger partial charge in [-0.15, -0.1) is 11.3 Å². The molecule has 4 rings (SSSR count). The van der Waals surface area contributed by atoms with E-state index in [4.69, 9.17) is 9.47 Å². The van der Waals surface area contributed by atoms with E-state index < -0.39 is 30.5 Å². The minimum atomic E-state index is -0.870. The van der Waals surface area contributed by atoms with Crippen LogP contribution in [0.25, 0.3) is 5.00 Å². The topological polar surface area (TPSA) is 86.6 Å². The molecule has 1 unspecified atom stereocenters. The van der Waals surface area contributed by atoms with Gasteiger partial charge in [0.1, 0.15) is 11.0 Å². The third-order valence-electron chi connectivity index (χ3n) is 5.28. The van der Waals surface area contributed by atoms with Gasteiger partial charge in [-0.1, -0.05) is 30.3 Å². The van der Waals surface area contributed by atoms with Crippen LogP contribution < -0.4 is 5.32 Å². The number of hydrogen-bond donors (Lipinski definition) is 1. The van der Waals surface area contributed by atoms with Crippen molar-refractivity contribution >= 4 is 40.9 Å². The Morgan fingerprint density at radius 3 is 2.61 bits per heavy atom. The summed E-state index contributed by atoms with van der Waals surface area (Å²) in [6, 6.07) is 12.2. The standard InChI is InChI=1S/C24H24N2O5S2/c1-30-23(28)18(13-16-7-3-2-4-8-16)25-20(27)14-31-24(29)21-17-9-12-32-15-19(17)33-22(21)26-10-5-6-11-26/h2-8,10-11,18H,9,12-15H2,1H3,(H,25,27). The largest absolute Gasteiger partial charge is 0.467 e. The maximum absolute atomic E-state index is 13.1. The molecule has 0 saturated carbocycles. The number of hydrogen-bond acceptors (Lipinski definition) is 7. The van der Waals surface area contributed by atoms with Crippen molar-refractivity contribution in [2.75, 3.05) is 19.5 Å². The van der Waals surface area contributed by atoms with Crippen molar-refractivity contribution in [2.24, 2.45) is 0 Å². The molecule has 0 radical (unpaired) electrons. The molecular formula is C24H24N2O5S2. The van der Waals surface area contributed by atoms with Crippen molar-refractivity contribution < 1.29 is 23.9 Å². The first kappa shape index (κ1) is 23.1. The Kier molecular flexibility index (Phi) is 7.51. The number of methoxy groups -OCH3 is 1. The smallest absolute Gasteiger partial charge is 0.341 e. The zero-order chi connectivity index (χ0) is 23.2. The third-order valence-corrected chi connectivity index (χ3v) is 7.70. The Hall–Kier alpha value is -3.04. The predicted octanol–water partition coefficient (Wildman–Crippen LogP) is 3.39. The van der Waals surface area contributed by atoms with E-state index in [1.54, 1.807) is 11.3 Å². The number of carbonyl (C=O) groups is 3. The highest BCUT2D eigenvalue weighted by atomic mass is 32.2. The highest BCUT2D eigenvalue weighted by molar-refractivity contribution is 7.98. The first-order valence-corrected chi connectivity index (χ1v) is 12.5. The molecule has 0 saturated heterocycles. The van der Waals surface area contributed by atoms with Crippen molar-refractivity contribution in [1.82, 2.24) is 9.88 Å². The van der Waals surface area contributed by atoms with Crippen LogP contribution in [0, 0.1) is 0 Å². The zero-order valence-corrected chi connectivity index (χ0v) is 19.7. The van der Waals surface area contributed by atoms with Gasteiger partial charge in [0.05, 0.1) is 12.7 Å². The molecule has 1 N–H and O–H groups in total. The van der Waals surface area contributed by atoms with Crippen LogP contribution in [0.4, 0.5) is 0 Å². The van der Waals surface area contributed by atoms with E-state index >= 15 is 0 Å². The van der Waals surface area contributed by atoms with Crippen LogP contribution in [0.2, 0.25) is 0 Å². The molecule has 3 aromatic rings. The fourth-order valence-electron chi connectivity index (χ4n) is 3.70. The summed E-state index contributed by atoms with van der Waals surface area (Å²) in [5.74, 6) is 0.156. The van der Waals surface area contributed by atoms with E-state index in [0.717, 1.165) is 34.1 Å². The van der Waals surface area contributed by atoms with Gasteiger partial charge in [-0.3, -0.25) is 4.79 Å². The maximum atomic E-state index is 13.1. The number of nitrogens with one attached hydrogen (secondary N) is 1. The first-order chi connectivity index (χ1) is 16.1. The number of benzene rings is 1. The van der Waals surface area contributed by atoms with E-state index in [2.05, 4.69) is 5.32 Å². The molecule has 0 aliphatic carbocycles. The van der Waals surface area contributed by atoms with Gasteiger partial charge in [-0.05, 0) is 35.4 Å². The number of aromatic nitrogens is 1. The second kappa shape index (κ2) is 10.7. The SMILES string of the molecule is COC(=O)C(Cc1ccccc1)NC(=O)COC(=O)c1c(-n2cccc2)sc2c1CCSC2. The summed E-state index contributed by atoms with van der Waals surface area (Å²) in [6.07, 6.45) is 4.84. The Morgan fingerprint density at radius 1 is 1.12 bits per heavy atom. The highest BCUT2D eigenvalue weighted by Gasteiger charge is 2.28. The average Bonchev–Trinajstić information content (AvgIpc) is 3.50. The fraction of sp³-hybridized carbons (Fsp3) is 0.292. The van der Waals surface area contributed by atoms with E-state index in [0.29, 0.717) is 5.56 Å². The van der Waals surface area contributed by atoms with Crippen LogP contribution in [0.1, 0.15) is 26.4 Å². The van der Waals surface area contributed by atoms with Crippen molar-refractivity contribution in [3.05, 3.63) is 76.4 Å². The Morgan fingerprint density at radius 2 is 1.88 bits per heavy atom. The maximum Gasteiger partial charge on any atom is 0.341 e. The van der Waals surface area contributed by atoms with Gasteiger partial charge < -0.3 is 19.4 Å². The van der Waals surface area contributed by atoms with Crippen LogP contribution in [0.3, 0.4) is 0 Å². The summed E-state index contributed by atoms with van der Waals surface area (Å²) < 4.78 is 12.1. The van der Waals surface area contributed by atoms with E-state index in [9.17, 15) is 14.4 Å². The summed E-state index contributed by atoms with van der Waals surface area (Å²) in [4.78, 5) is 38.9. The quantitative estimate of drug-likeness (QED) is 0.494. The van der Waals surface area contributed by atoms with Gasteiger partial charge >= 0.3 is 11.9 Å². The van der Waals surface area contributed by atoms with Crippen molar-refractivity contribution in [3.63, 3.8) is 0 Å². The Balaban J connectivity index is 1.44. The van der Waals surface area contributed by atoms with Gasteiger partial charge in [0, 0.05) is 29.4 Å². The van der Waals surface area contributed by atoms with Gasteiger partial charge in [0.15, 0.2) is 6.61 Å². The number of carbonyl (C=O) groups excluding carboxylic acids is 3. The molecule has 33 heavy (non-hydrogen) atoms. The van der Waals surface area contributed by atoms with E-state index in [-0.39, 0.29) is 6.42 Å². The number of rotatable bonds is 8. The van der Waals surface area contributed by atoms with Crippen LogP contribution in [0.5, 0.6) is 0 Å². The van der Waals surface area contributed by atoms with Crippen LogP contribution >= 0.6 is 23.1 Å². The lowest BCUT2D eigenvalue weighted by Crippen LogP contribution is -2.44. The van der Waals surface area contributed by atoms with Crippen LogP contribution in [0.15, 0.2) is 54.9 Å². The summed E-state index contributed by atoms with van der Waals surface area (Å²) in [5, 5.41) is 3.43. The molecule has 9 heteroatoms. The van der Waals surface area contributed by atoms with Gasteiger partial charge in [-0.25, -0.2) is 9.59 Å². The zero-order valence-electron chi connectivity index (χ0n) is 18.1. The summed E-state index contributed by atoms with van der Waals surface area (Å²) in [5.41, 5.74) is 2.40. The van der Waals surface area contributed by atoms with Crippen molar-refractivity contribution in [3.8, 4) is 5.00 Å². The Labute approximate surface area is 200 Å². The molecule has 7 nitrogen and oxygen atoms in total. The van der Waals surface area contributed by atoms with E-state index in [1.165, 1.54) is 12.0 Å². The van der Waals surface area contributed by atoms with Gasteiger partial charge in [0.25, 0.3) is 5.91 Å². The van der Waals surface area contributed by atoms with Gasteiger partial charge in [-0.2, -0.15) is 11.8 Å². The molecular weight excluding hydrogens is 460 g/mol. The monoisotopic (exact) mass is 484 g/mol. The molecule has 2 aromatic heterocycles. The molecule has 1 aliphatic rings. The molecule has 1 aliphatic heterocycles. The number of thioether (sulfide) groups is 1. The summed E-state index contributed by atoms with van der Waals surface area (Å²) in [7, 11) is 1.27. The number of fused-ring (bicyclic) bond motifs is 1. The molecule has 172 valence electrons. The van der Waals surface area contributed by atoms with Crippen LogP contribution in [-0.4, -0.2) is 47.9 Å². The Bertz CT molecular complexity index is 1130. The van der Waals surface area contributed by atoms with Gasteiger partial charge in [0.2, 0.25) is 0 Å². The minimum absolute atomic E-state index is 0.278. The molecule has 3 heterocycles. The fourth-order valence-corrected chi connectivity index (χ4v) is 6.14. The second-order valence-corrected chi connectivity index (χ2v) is 9.67. The number of amides is 1. The lowest BCUT2D eigenvalue weighted by molar-refractivity contribution is -0.145. The van der Waals surface area contributed by atoms with E-state index in [1.807, 2.05) is 71.2 Å². The lowest BCUT2D eigenvalue weighted by atomic mass is 10.1. The molecule has 1 amide bonds. The van der Waals surface area contributed by atoms with Crippen molar-refractivity contribution in [1.29, 1.82) is 0 Å². The number of thiophene rings is 1. The predicted molar refractivity (Wildman–Crippen MR) is 128 cm³/mol. The second-order valence-electron chi connectivity index (χ2n) is 7.49. The summed E-state index contributed by atoms with van der Waals surface area (Å²) in [6.45, 7) is -0.481. The number of ether oxygens (including phenoxy) is 2. The number of nitrogens with zero attached hydrogens (tertiary/aromatic N) is 1. The van der Waals surface area contributed by atoms with Crippen molar-refractivity contribution in [2.45, 2.75) is 24.6 Å². The summed E-state index contributed by atoms with van der Waals surface area (Å²) >= 11 is 3.42. The number of esters is 2. The average molecular weight is 485 g/mol. The molecule has 0 bridgehead atoms. The molecule has 0 spiro atoms. The first-order valence-electron chi connectivity index (χ1n) is 10.5. The molecule has 1 atom stereocenters. The highest BCUT2D eigenvalue weighted by Crippen LogP contribution is 2.38.